The molecule has 160 valence electrons. The molecule has 3 fully saturated rings. The first-order valence-electron chi connectivity index (χ1n) is 12.9. The van der Waals surface area contributed by atoms with E-state index in [1.54, 1.807) is 0 Å². The molecule has 7 unspecified atom stereocenters. The molecule has 0 nitrogen and oxygen atoms in total. The summed E-state index contributed by atoms with van der Waals surface area (Å²) in [5.74, 6) is 6.73. The van der Waals surface area contributed by atoms with Crippen molar-refractivity contribution in [2.75, 3.05) is 0 Å². The molecule has 4 aliphatic rings. The molecule has 0 aliphatic heterocycles. The van der Waals surface area contributed by atoms with Gasteiger partial charge in [-0.25, -0.2) is 0 Å². The predicted molar refractivity (Wildman–Crippen MR) is 122 cm³/mol. The molecular formula is C28H48. The zero-order valence-electron chi connectivity index (χ0n) is 19.9. The number of rotatable bonds is 5. The van der Waals surface area contributed by atoms with Gasteiger partial charge in [0, 0.05) is 0 Å². The third-order valence-corrected chi connectivity index (χ3v) is 10.6. The smallest absolute Gasteiger partial charge is 0.00851 e. The summed E-state index contributed by atoms with van der Waals surface area (Å²) in [6, 6.07) is 0. The van der Waals surface area contributed by atoms with Crippen LogP contribution in [0.15, 0.2) is 11.6 Å². The summed E-state index contributed by atoms with van der Waals surface area (Å²) in [6.07, 6.45) is 19.0. The Balaban J connectivity index is 1.49. The summed E-state index contributed by atoms with van der Waals surface area (Å²) in [5.41, 5.74) is 3.06. The third kappa shape index (κ3) is 3.43. The number of allylic oxidation sites excluding steroid dienone is 2. The van der Waals surface area contributed by atoms with Crippen LogP contribution in [0.1, 0.15) is 112 Å². The summed E-state index contributed by atoms with van der Waals surface area (Å²) >= 11 is 0. The van der Waals surface area contributed by atoms with Gasteiger partial charge >= 0.3 is 0 Å². The van der Waals surface area contributed by atoms with Gasteiger partial charge in [-0.2, -0.15) is 0 Å². The van der Waals surface area contributed by atoms with Crippen molar-refractivity contribution in [2.45, 2.75) is 112 Å². The van der Waals surface area contributed by atoms with E-state index < -0.39 is 0 Å². The van der Waals surface area contributed by atoms with E-state index in [4.69, 9.17) is 0 Å². The Bertz CT molecular complexity index is 585. The van der Waals surface area contributed by atoms with Gasteiger partial charge in [-0.15, -0.1) is 0 Å². The molecule has 0 bridgehead atoms. The molecule has 4 rings (SSSR count). The van der Waals surface area contributed by atoms with Crippen LogP contribution in [-0.4, -0.2) is 0 Å². The van der Waals surface area contributed by atoms with Gasteiger partial charge in [0.25, 0.3) is 0 Å². The van der Waals surface area contributed by atoms with Crippen molar-refractivity contribution in [3.63, 3.8) is 0 Å². The molecule has 0 heterocycles. The predicted octanol–water partition coefficient (Wildman–Crippen LogP) is 8.66. The fourth-order valence-electron chi connectivity index (χ4n) is 8.87. The topological polar surface area (TPSA) is 0 Å². The van der Waals surface area contributed by atoms with Crippen LogP contribution in [0.4, 0.5) is 0 Å². The highest BCUT2D eigenvalue weighted by molar-refractivity contribution is 5.25. The lowest BCUT2D eigenvalue weighted by atomic mass is 9.46. The van der Waals surface area contributed by atoms with E-state index in [-0.39, 0.29) is 0 Å². The van der Waals surface area contributed by atoms with Crippen LogP contribution in [-0.2, 0) is 0 Å². The maximum Gasteiger partial charge on any atom is -0.00851 e. The molecule has 28 heavy (non-hydrogen) atoms. The van der Waals surface area contributed by atoms with Crippen LogP contribution in [0.25, 0.3) is 0 Å². The number of fused-ring (bicyclic) bond motifs is 5. The molecule has 0 spiro atoms. The minimum atomic E-state index is 0.553. The first-order valence-corrected chi connectivity index (χ1v) is 12.9. The summed E-state index contributed by atoms with van der Waals surface area (Å²) < 4.78 is 0. The van der Waals surface area contributed by atoms with Crippen molar-refractivity contribution in [1.82, 2.24) is 0 Å². The van der Waals surface area contributed by atoms with Crippen molar-refractivity contribution >= 4 is 0 Å². The largest absolute Gasteiger partial charge is 0.0845 e. The van der Waals surface area contributed by atoms with Crippen LogP contribution in [0, 0.1) is 52.3 Å². The van der Waals surface area contributed by atoms with E-state index in [1.807, 2.05) is 5.57 Å². The Hall–Kier alpha value is -0.260. The van der Waals surface area contributed by atoms with Crippen molar-refractivity contribution in [2.24, 2.45) is 52.3 Å². The van der Waals surface area contributed by atoms with Crippen molar-refractivity contribution < 1.29 is 0 Å². The van der Waals surface area contributed by atoms with Gasteiger partial charge in [0.05, 0.1) is 0 Å². The minimum Gasteiger partial charge on any atom is -0.0845 e. The standard InChI is InChI=1S/C28H48/c1-19(2)8-7-9-21(4)24-12-13-25-23-11-10-22-18-20(3)14-16-27(22,5)26(23)15-17-28(24,25)6/h10,19-21,23-26H,7-9,11-18H2,1-6H3/t20?,21-,23?,24?,25?,26?,27?,28?/m1/s1. The number of hydrogen-bond acceptors (Lipinski definition) is 0. The molecule has 0 aromatic rings. The van der Waals surface area contributed by atoms with Crippen LogP contribution in [0.3, 0.4) is 0 Å². The number of hydrogen-bond donors (Lipinski definition) is 0. The monoisotopic (exact) mass is 384 g/mol. The van der Waals surface area contributed by atoms with E-state index in [0.717, 1.165) is 41.4 Å². The first kappa shape index (κ1) is 21.0. The van der Waals surface area contributed by atoms with Gasteiger partial charge in [0.15, 0.2) is 0 Å². The van der Waals surface area contributed by atoms with E-state index in [2.05, 4.69) is 47.6 Å². The maximum absolute atomic E-state index is 2.75. The van der Waals surface area contributed by atoms with Crippen LogP contribution >= 0.6 is 0 Å². The van der Waals surface area contributed by atoms with Crippen LogP contribution < -0.4 is 0 Å². The van der Waals surface area contributed by atoms with Crippen LogP contribution in [0.2, 0.25) is 0 Å². The first-order chi connectivity index (χ1) is 13.3. The lowest BCUT2D eigenvalue weighted by Crippen LogP contribution is -2.50. The zero-order chi connectivity index (χ0) is 20.1. The molecular weight excluding hydrogens is 336 g/mol. The molecule has 0 amide bonds. The quantitative estimate of drug-likeness (QED) is 0.416. The Morgan fingerprint density at radius 3 is 2.50 bits per heavy atom. The highest BCUT2D eigenvalue weighted by atomic mass is 14.6. The molecule has 0 saturated heterocycles. The summed E-state index contributed by atoms with van der Waals surface area (Å²) in [7, 11) is 0. The molecule has 3 saturated carbocycles. The Kier molecular flexibility index (Phi) is 5.83. The maximum atomic E-state index is 2.75. The molecule has 0 aromatic carbocycles. The Morgan fingerprint density at radius 1 is 0.964 bits per heavy atom. The van der Waals surface area contributed by atoms with Gasteiger partial charge in [-0.3, -0.25) is 0 Å². The van der Waals surface area contributed by atoms with Crippen molar-refractivity contribution in [3.05, 3.63) is 11.6 Å². The highest BCUT2D eigenvalue weighted by Gasteiger charge is 2.58. The van der Waals surface area contributed by atoms with E-state index in [0.29, 0.717) is 10.8 Å². The zero-order valence-corrected chi connectivity index (χ0v) is 19.9. The van der Waals surface area contributed by atoms with E-state index in [9.17, 15) is 0 Å². The highest BCUT2D eigenvalue weighted by Crippen LogP contribution is 2.67. The minimum absolute atomic E-state index is 0.553. The van der Waals surface area contributed by atoms with E-state index >= 15 is 0 Å². The molecule has 4 aliphatic carbocycles. The molecule has 8 atom stereocenters. The van der Waals surface area contributed by atoms with Gasteiger partial charge in [0.2, 0.25) is 0 Å². The fraction of sp³-hybridized carbons (Fsp3) is 0.929. The van der Waals surface area contributed by atoms with Crippen LogP contribution in [0.5, 0.6) is 0 Å². The average Bonchev–Trinajstić information content (AvgIpc) is 2.99. The van der Waals surface area contributed by atoms with Gasteiger partial charge < -0.3 is 0 Å². The summed E-state index contributed by atoms with van der Waals surface area (Å²) in [5, 5.41) is 0. The lowest BCUT2D eigenvalue weighted by Gasteiger charge is -2.58. The normalized spacial score (nSPS) is 46.5. The van der Waals surface area contributed by atoms with Gasteiger partial charge in [-0.1, -0.05) is 72.5 Å². The summed E-state index contributed by atoms with van der Waals surface area (Å²) in [6.45, 7) is 15.3. The van der Waals surface area contributed by atoms with Gasteiger partial charge in [-0.05, 0) is 104 Å². The second kappa shape index (κ2) is 7.77. The van der Waals surface area contributed by atoms with Crippen molar-refractivity contribution in [3.8, 4) is 0 Å². The molecule has 0 radical (unpaired) electrons. The van der Waals surface area contributed by atoms with Gasteiger partial charge in [0.1, 0.15) is 0 Å². The average molecular weight is 385 g/mol. The fourth-order valence-corrected chi connectivity index (χ4v) is 8.87. The van der Waals surface area contributed by atoms with E-state index in [1.165, 1.54) is 70.6 Å². The third-order valence-electron chi connectivity index (χ3n) is 10.6. The molecule has 0 N–H and O–H groups in total. The SMILES string of the molecule is CC(C)CCC[C@@H](C)C1CCC2C3CC=C4CC(C)CCC4(C)C3CCC21C. The second-order valence-electron chi connectivity index (χ2n) is 12.6. The second-order valence-corrected chi connectivity index (χ2v) is 12.6. The summed E-state index contributed by atoms with van der Waals surface area (Å²) in [4.78, 5) is 0. The van der Waals surface area contributed by atoms with Crippen molar-refractivity contribution in [1.29, 1.82) is 0 Å². The molecule has 0 heteroatoms. The molecule has 0 aromatic heterocycles. The lowest BCUT2D eigenvalue weighted by molar-refractivity contribution is -0.0523. The Morgan fingerprint density at radius 2 is 1.75 bits per heavy atom. The Labute approximate surface area is 176 Å².